The number of carbonyl (C=O) groups is 2. The second-order valence-corrected chi connectivity index (χ2v) is 9.17. The average molecular weight is 366 g/mol. The van der Waals surface area contributed by atoms with Gasteiger partial charge in [-0.1, -0.05) is 30.3 Å². The topological polar surface area (TPSA) is 83.6 Å². The van der Waals surface area contributed by atoms with Gasteiger partial charge >= 0.3 is 0 Å². The Kier molecular flexibility index (Phi) is 5.87. The first-order chi connectivity index (χ1) is 11.7. The fourth-order valence-corrected chi connectivity index (χ4v) is 4.77. The van der Waals surface area contributed by atoms with Crippen LogP contribution in [0.5, 0.6) is 0 Å². The quantitative estimate of drug-likeness (QED) is 0.771. The van der Waals surface area contributed by atoms with Crippen molar-refractivity contribution in [1.82, 2.24) is 10.2 Å². The van der Waals surface area contributed by atoms with E-state index in [0.29, 0.717) is 19.5 Å². The lowest BCUT2D eigenvalue weighted by atomic mass is 9.89. The fraction of sp³-hybridized carbons (Fsp3) is 0.556. The first kappa shape index (κ1) is 19.4. The van der Waals surface area contributed by atoms with Gasteiger partial charge in [-0.05, 0) is 32.8 Å². The van der Waals surface area contributed by atoms with Gasteiger partial charge in [-0.3, -0.25) is 9.59 Å². The Balaban J connectivity index is 2.05. The van der Waals surface area contributed by atoms with Crippen molar-refractivity contribution in [2.45, 2.75) is 39.8 Å². The maximum Gasteiger partial charge on any atom is 0.237 e. The van der Waals surface area contributed by atoms with Crippen LogP contribution in [0.1, 0.15) is 32.8 Å². The minimum Gasteiger partial charge on any atom is -0.351 e. The van der Waals surface area contributed by atoms with Crippen molar-refractivity contribution in [2.75, 3.05) is 18.1 Å². The van der Waals surface area contributed by atoms with Gasteiger partial charge in [0.2, 0.25) is 11.8 Å². The number of amides is 2. The third-order valence-electron chi connectivity index (χ3n) is 4.65. The molecule has 1 aliphatic heterocycles. The van der Waals surface area contributed by atoms with Crippen molar-refractivity contribution in [3.05, 3.63) is 35.9 Å². The van der Waals surface area contributed by atoms with Crippen LogP contribution in [-0.4, -0.2) is 49.2 Å². The summed E-state index contributed by atoms with van der Waals surface area (Å²) in [6.07, 6.45) is 0.434. The Hall–Kier alpha value is -1.89. The van der Waals surface area contributed by atoms with Crippen LogP contribution in [0.3, 0.4) is 0 Å². The normalized spacial score (nSPS) is 19.4. The van der Waals surface area contributed by atoms with E-state index in [0.717, 1.165) is 5.56 Å². The first-order valence-corrected chi connectivity index (χ1v) is 10.3. The lowest BCUT2D eigenvalue weighted by Gasteiger charge is -2.34. The van der Waals surface area contributed by atoms with Gasteiger partial charge in [0.05, 0.1) is 11.5 Å². The largest absolute Gasteiger partial charge is 0.351 e. The predicted octanol–water partition coefficient (Wildman–Crippen LogP) is 1.36. The van der Waals surface area contributed by atoms with E-state index in [1.807, 2.05) is 30.3 Å². The highest BCUT2D eigenvalue weighted by molar-refractivity contribution is 7.91. The molecule has 1 aliphatic rings. The summed E-state index contributed by atoms with van der Waals surface area (Å²) in [4.78, 5) is 27.0. The Bertz CT molecular complexity index is 729. The zero-order valence-electron chi connectivity index (χ0n) is 15.0. The fourth-order valence-electron chi connectivity index (χ4n) is 3.04. The predicted molar refractivity (Wildman–Crippen MR) is 96.5 cm³/mol. The van der Waals surface area contributed by atoms with Crippen molar-refractivity contribution in [1.29, 1.82) is 0 Å². The van der Waals surface area contributed by atoms with E-state index in [-0.39, 0.29) is 29.4 Å². The molecule has 0 saturated carbocycles. The molecule has 0 bridgehead atoms. The highest BCUT2D eigenvalue weighted by Crippen LogP contribution is 2.25. The third-order valence-corrected chi connectivity index (χ3v) is 6.40. The summed E-state index contributed by atoms with van der Waals surface area (Å²) in [7, 11) is -3.09. The van der Waals surface area contributed by atoms with Crippen LogP contribution in [0.25, 0.3) is 0 Å². The molecule has 25 heavy (non-hydrogen) atoms. The van der Waals surface area contributed by atoms with E-state index in [4.69, 9.17) is 0 Å². The molecule has 1 unspecified atom stereocenters. The molecule has 7 heteroatoms. The molecule has 1 saturated heterocycles. The highest BCUT2D eigenvalue weighted by Gasteiger charge is 2.43. The average Bonchev–Trinajstić information content (AvgIpc) is 2.93. The van der Waals surface area contributed by atoms with Gasteiger partial charge in [0.1, 0.15) is 5.41 Å². The summed E-state index contributed by atoms with van der Waals surface area (Å²) in [5.41, 5.74) is -0.301. The Morgan fingerprint density at radius 2 is 1.88 bits per heavy atom. The molecule has 1 heterocycles. The van der Waals surface area contributed by atoms with E-state index in [9.17, 15) is 18.0 Å². The Labute approximate surface area is 149 Å². The van der Waals surface area contributed by atoms with E-state index < -0.39 is 15.3 Å². The second kappa shape index (κ2) is 7.56. The molecule has 2 rings (SSSR count). The number of nitrogens with zero attached hydrogens (tertiary/aromatic N) is 1. The molecular formula is C18H26N2O4S. The Morgan fingerprint density at radius 1 is 1.24 bits per heavy atom. The number of sulfone groups is 1. The van der Waals surface area contributed by atoms with Crippen molar-refractivity contribution < 1.29 is 18.0 Å². The molecule has 6 nitrogen and oxygen atoms in total. The van der Waals surface area contributed by atoms with Crippen molar-refractivity contribution >= 4 is 21.7 Å². The summed E-state index contributed by atoms with van der Waals surface area (Å²) in [6.45, 7) is 5.71. The molecule has 1 fully saturated rings. The number of rotatable bonds is 6. The molecule has 1 aromatic rings. The van der Waals surface area contributed by atoms with E-state index >= 15 is 0 Å². The zero-order valence-corrected chi connectivity index (χ0v) is 15.8. The second-order valence-electron chi connectivity index (χ2n) is 6.94. The minimum atomic E-state index is -3.09. The number of benzene rings is 1. The molecular weight excluding hydrogens is 340 g/mol. The smallest absolute Gasteiger partial charge is 0.237 e. The van der Waals surface area contributed by atoms with Crippen LogP contribution in [0.15, 0.2) is 30.3 Å². The van der Waals surface area contributed by atoms with Gasteiger partial charge in [0.25, 0.3) is 0 Å². The van der Waals surface area contributed by atoms with Crippen molar-refractivity contribution in [2.24, 2.45) is 5.41 Å². The summed E-state index contributed by atoms with van der Waals surface area (Å²) < 4.78 is 23.4. The van der Waals surface area contributed by atoms with Gasteiger partial charge in [0.15, 0.2) is 9.84 Å². The summed E-state index contributed by atoms with van der Waals surface area (Å²) in [5, 5.41) is 2.80. The van der Waals surface area contributed by atoms with Gasteiger partial charge in [-0.2, -0.15) is 0 Å². The number of hydrogen-bond acceptors (Lipinski definition) is 4. The molecule has 0 aliphatic carbocycles. The van der Waals surface area contributed by atoms with Crippen LogP contribution in [0, 0.1) is 5.41 Å². The Morgan fingerprint density at radius 3 is 2.40 bits per heavy atom. The molecule has 138 valence electrons. The molecule has 1 aromatic carbocycles. The number of carbonyl (C=O) groups excluding carboxylic acids is 2. The summed E-state index contributed by atoms with van der Waals surface area (Å²) >= 11 is 0. The number of nitrogens with one attached hydrogen (secondary N) is 1. The molecule has 0 aromatic heterocycles. The standard InChI is InChI=1S/C18H26N2O4S/c1-4-20(15-10-11-25(23,24)13-15)17(22)18(2,3)16(21)19-12-14-8-6-5-7-9-14/h5-9,15H,4,10-13H2,1-3H3,(H,19,21). The van der Waals surface area contributed by atoms with Gasteiger partial charge < -0.3 is 10.2 Å². The van der Waals surface area contributed by atoms with Crippen LogP contribution in [0.2, 0.25) is 0 Å². The van der Waals surface area contributed by atoms with Crippen molar-refractivity contribution in [3.63, 3.8) is 0 Å². The third kappa shape index (κ3) is 4.60. The van der Waals surface area contributed by atoms with Crippen LogP contribution in [0.4, 0.5) is 0 Å². The monoisotopic (exact) mass is 366 g/mol. The molecule has 1 N–H and O–H groups in total. The lowest BCUT2D eigenvalue weighted by Crippen LogP contribution is -2.52. The first-order valence-electron chi connectivity index (χ1n) is 8.51. The lowest BCUT2D eigenvalue weighted by molar-refractivity contribution is -0.149. The maximum absolute atomic E-state index is 12.9. The van der Waals surface area contributed by atoms with Crippen LogP contribution >= 0.6 is 0 Å². The van der Waals surface area contributed by atoms with Gasteiger partial charge in [-0.15, -0.1) is 0 Å². The summed E-state index contributed by atoms with van der Waals surface area (Å²) in [5.74, 6) is -0.612. The summed E-state index contributed by atoms with van der Waals surface area (Å²) in [6, 6.07) is 9.12. The van der Waals surface area contributed by atoms with Gasteiger partial charge in [0, 0.05) is 19.1 Å². The maximum atomic E-state index is 12.9. The molecule has 1 atom stereocenters. The van der Waals surface area contributed by atoms with Crippen LogP contribution < -0.4 is 5.32 Å². The van der Waals surface area contributed by atoms with Crippen LogP contribution in [-0.2, 0) is 26.0 Å². The SMILES string of the molecule is CCN(C(=O)C(C)(C)C(=O)NCc1ccccc1)C1CCS(=O)(=O)C1. The molecule has 0 radical (unpaired) electrons. The highest BCUT2D eigenvalue weighted by atomic mass is 32.2. The van der Waals surface area contributed by atoms with E-state index in [1.165, 1.54) is 4.90 Å². The van der Waals surface area contributed by atoms with E-state index in [2.05, 4.69) is 5.32 Å². The van der Waals surface area contributed by atoms with Crippen molar-refractivity contribution in [3.8, 4) is 0 Å². The molecule has 0 spiro atoms. The van der Waals surface area contributed by atoms with Gasteiger partial charge in [-0.25, -0.2) is 8.42 Å². The number of hydrogen-bond donors (Lipinski definition) is 1. The molecule has 2 amide bonds. The van der Waals surface area contributed by atoms with E-state index in [1.54, 1.807) is 20.8 Å². The zero-order chi connectivity index (χ0) is 18.7. The minimum absolute atomic E-state index is 0.0195.